The molecular formula is C12H14F3NO. The Labute approximate surface area is 97.9 Å². The first-order valence-electron chi connectivity index (χ1n) is 5.20. The molecule has 1 aromatic carbocycles. The summed E-state index contributed by atoms with van der Waals surface area (Å²) in [5.74, 6) is 0. The molecule has 1 N–H and O–H groups in total. The number of ether oxygens (including phenoxy) is 1. The third-order valence-corrected chi connectivity index (χ3v) is 2.24. The van der Waals surface area contributed by atoms with E-state index in [1.54, 1.807) is 13.0 Å². The maximum absolute atomic E-state index is 12.4. The zero-order valence-corrected chi connectivity index (χ0v) is 9.42. The number of hydrogen-bond donors (Lipinski definition) is 1. The van der Waals surface area contributed by atoms with Crippen molar-refractivity contribution in [2.75, 3.05) is 0 Å². The van der Waals surface area contributed by atoms with E-state index in [9.17, 15) is 13.2 Å². The molecule has 1 aromatic rings. The molecule has 5 heteroatoms. The Hall–Kier alpha value is -1.36. The fourth-order valence-corrected chi connectivity index (χ4v) is 1.31. The molecule has 0 heterocycles. The molecule has 0 unspecified atom stereocenters. The SMILES string of the molecule is C[C@H](CC=N)OCc1cccc(C(F)(F)F)c1. The average Bonchev–Trinajstić information content (AvgIpc) is 2.26. The lowest BCUT2D eigenvalue weighted by Crippen LogP contribution is -2.09. The van der Waals surface area contributed by atoms with Crippen LogP contribution in [0.4, 0.5) is 13.2 Å². The highest BCUT2D eigenvalue weighted by Crippen LogP contribution is 2.29. The van der Waals surface area contributed by atoms with E-state index in [0.29, 0.717) is 12.0 Å². The van der Waals surface area contributed by atoms with Gasteiger partial charge in [0.1, 0.15) is 0 Å². The van der Waals surface area contributed by atoms with E-state index in [2.05, 4.69) is 0 Å². The summed E-state index contributed by atoms with van der Waals surface area (Å²) in [5.41, 5.74) is -0.185. The fourth-order valence-electron chi connectivity index (χ4n) is 1.31. The van der Waals surface area contributed by atoms with Crippen molar-refractivity contribution >= 4 is 6.21 Å². The Morgan fingerprint density at radius 3 is 2.71 bits per heavy atom. The van der Waals surface area contributed by atoms with Crippen LogP contribution in [0.3, 0.4) is 0 Å². The Morgan fingerprint density at radius 1 is 1.41 bits per heavy atom. The van der Waals surface area contributed by atoms with Crippen molar-refractivity contribution in [3.05, 3.63) is 35.4 Å². The molecule has 0 amide bonds. The molecule has 0 aliphatic carbocycles. The molecule has 0 bridgehead atoms. The topological polar surface area (TPSA) is 33.1 Å². The molecule has 0 fully saturated rings. The minimum absolute atomic E-state index is 0.124. The van der Waals surface area contributed by atoms with Gasteiger partial charge in [-0.15, -0.1) is 0 Å². The molecule has 17 heavy (non-hydrogen) atoms. The lowest BCUT2D eigenvalue weighted by atomic mass is 10.1. The van der Waals surface area contributed by atoms with E-state index in [1.165, 1.54) is 12.3 Å². The van der Waals surface area contributed by atoms with Crippen LogP contribution in [0.5, 0.6) is 0 Å². The van der Waals surface area contributed by atoms with E-state index in [1.807, 2.05) is 0 Å². The summed E-state index contributed by atoms with van der Waals surface area (Å²) < 4.78 is 42.6. The van der Waals surface area contributed by atoms with Gasteiger partial charge in [-0.05, 0) is 30.8 Å². The number of benzene rings is 1. The molecule has 1 rings (SSSR count). The highest BCUT2D eigenvalue weighted by molar-refractivity contribution is 5.53. The second-order valence-corrected chi connectivity index (χ2v) is 3.76. The lowest BCUT2D eigenvalue weighted by molar-refractivity contribution is -0.137. The van der Waals surface area contributed by atoms with Crippen molar-refractivity contribution in [2.24, 2.45) is 0 Å². The average molecular weight is 245 g/mol. The van der Waals surface area contributed by atoms with Gasteiger partial charge < -0.3 is 10.1 Å². The summed E-state index contributed by atoms with van der Waals surface area (Å²) in [4.78, 5) is 0. The largest absolute Gasteiger partial charge is 0.416 e. The van der Waals surface area contributed by atoms with Crippen LogP contribution in [-0.4, -0.2) is 12.3 Å². The maximum atomic E-state index is 12.4. The Bertz CT molecular complexity index is 376. The van der Waals surface area contributed by atoms with Gasteiger partial charge in [-0.1, -0.05) is 12.1 Å². The minimum Gasteiger partial charge on any atom is -0.373 e. The van der Waals surface area contributed by atoms with Crippen LogP contribution in [-0.2, 0) is 17.5 Å². The number of rotatable bonds is 5. The number of hydrogen-bond acceptors (Lipinski definition) is 2. The first kappa shape index (κ1) is 13.7. The van der Waals surface area contributed by atoms with Gasteiger partial charge in [0.15, 0.2) is 0 Å². The Morgan fingerprint density at radius 2 is 2.12 bits per heavy atom. The summed E-state index contributed by atoms with van der Waals surface area (Å²) in [6.07, 6.45) is -2.81. The van der Waals surface area contributed by atoms with Crippen LogP contribution < -0.4 is 0 Å². The van der Waals surface area contributed by atoms with Gasteiger partial charge in [0.25, 0.3) is 0 Å². The van der Waals surface area contributed by atoms with Crippen LogP contribution in [0, 0.1) is 5.41 Å². The lowest BCUT2D eigenvalue weighted by Gasteiger charge is -2.12. The quantitative estimate of drug-likeness (QED) is 0.789. The van der Waals surface area contributed by atoms with Crippen molar-refractivity contribution in [3.63, 3.8) is 0 Å². The summed E-state index contributed by atoms with van der Waals surface area (Å²) in [5, 5.41) is 6.88. The van der Waals surface area contributed by atoms with E-state index in [0.717, 1.165) is 12.1 Å². The van der Waals surface area contributed by atoms with E-state index < -0.39 is 11.7 Å². The second-order valence-electron chi connectivity index (χ2n) is 3.76. The molecular weight excluding hydrogens is 231 g/mol. The minimum atomic E-state index is -4.32. The monoisotopic (exact) mass is 245 g/mol. The smallest absolute Gasteiger partial charge is 0.373 e. The Kier molecular flexibility index (Phi) is 4.69. The van der Waals surface area contributed by atoms with Gasteiger partial charge in [0, 0.05) is 6.42 Å². The first-order valence-corrected chi connectivity index (χ1v) is 5.20. The first-order chi connectivity index (χ1) is 7.93. The van der Waals surface area contributed by atoms with Crippen molar-refractivity contribution < 1.29 is 17.9 Å². The predicted molar refractivity (Wildman–Crippen MR) is 59.1 cm³/mol. The molecule has 0 saturated carbocycles. The molecule has 2 nitrogen and oxygen atoms in total. The second kappa shape index (κ2) is 5.82. The molecule has 0 aromatic heterocycles. The Balaban J connectivity index is 2.63. The summed E-state index contributed by atoms with van der Waals surface area (Å²) >= 11 is 0. The van der Waals surface area contributed by atoms with E-state index in [-0.39, 0.29) is 12.7 Å². The molecule has 1 atom stereocenters. The van der Waals surface area contributed by atoms with Gasteiger partial charge >= 0.3 is 6.18 Å². The predicted octanol–water partition coefficient (Wildman–Crippen LogP) is 3.65. The highest BCUT2D eigenvalue weighted by atomic mass is 19.4. The van der Waals surface area contributed by atoms with Gasteiger partial charge in [0.05, 0.1) is 18.3 Å². The van der Waals surface area contributed by atoms with Crippen LogP contribution in [0.15, 0.2) is 24.3 Å². The molecule has 0 aliphatic heterocycles. The zero-order chi connectivity index (χ0) is 12.9. The van der Waals surface area contributed by atoms with Crippen molar-refractivity contribution in [3.8, 4) is 0 Å². The maximum Gasteiger partial charge on any atom is 0.416 e. The molecule has 0 spiro atoms. The van der Waals surface area contributed by atoms with Crippen molar-refractivity contribution in [2.45, 2.75) is 32.2 Å². The van der Waals surface area contributed by atoms with Crippen LogP contribution in [0.2, 0.25) is 0 Å². The van der Waals surface area contributed by atoms with Crippen molar-refractivity contribution in [1.29, 1.82) is 5.41 Å². The van der Waals surface area contributed by atoms with Gasteiger partial charge in [-0.3, -0.25) is 0 Å². The number of nitrogens with one attached hydrogen (secondary N) is 1. The summed E-state index contributed by atoms with van der Waals surface area (Å²) in [7, 11) is 0. The highest BCUT2D eigenvalue weighted by Gasteiger charge is 2.30. The molecule has 0 radical (unpaired) electrons. The van der Waals surface area contributed by atoms with E-state index in [4.69, 9.17) is 10.1 Å². The van der Waals surface area contributed by atoms with Crippen LogP contribution in [0.25, 0.3) is 0 Å². The standard InChI is InChI=1S/C12H14F3NO/c1-9(5-6-16)17-8-10-3-2-4-11(7-10)12(13,14)15/h2-4,6-7,9,16H,5,8H2,1H3/t9-/m1/s1. The zero-order valence-electron chi connectivity index (χ0n) is 9.42. The fraction of sp³-hybridized carbons (Fsp3) is 0.417. The third kappa shape index (κ3) is 4.56. The van der Waals surface area contributed by atoms with Gasteiger partial charge in [0.2, 0.25) is 0 Å². The summed E-state index contributed by atoms with van der Waals surface area (Å²) in [6.45, 7) is 1.90. The number of alkyl halides is 3. The van der Waals surface area contributed by atoms with Crippen molar-refractivity contribution in [1.82, 2.24) is 0 Å². The number of halogens is 3. The summed E-state index contributed by atoms with van der Waals surface area (Å²) in [6, 6.07) is 5.07. The van der Waals surface area contributed by atoms with Gasteiger partial charge in [-0.2, -0.15) is 13.2 Å². The molecule has 0 aliphatic rings. The normalized spacial score (nSPS) is 13.4. The van der Waals surface area contributed by atoms with Gasteiger partial charge in [-0.25, -0.2) is 0 Å². The third-order valence-electron chi connectivity index (χ3n) is 2.24. The molecule has 0 saturated heterocycles. The van der Waals surface area contributed by atoms with E-state index >= 15 is 0 Å². The van der Waals surface area contributed by atoms with Crippen LogP contribution in [0.1, 0.15) is 24.5 Å². The van der Waals surface area contributed by atoms with Crippen LogP contribution >= 0.6 is 0 Å². The molecule has 94 valence electrons.